The number of nitrogens with one attached hydrogen (secondary N) is 1. The van der Waals surface area contributed by atoms with E-state index >= 15 is 0 Å². The van der Waals surface area contributed by atoms with E-state index in [-0.39, 0.29) is 48.4 Å². The smallest absolute Gasteiger partial charge is 0.383 e. The first-order valence-corrected chi connectivity index (χ1v) is 9.94. The average Bonchev–Trinajstić information content (AvgIpc) is 2.71. The summed E-state index contributed by atoms with van der Waals surface area (Å²) in [5.74, 6) is -0.0738. The van der Waals surface area contributed by atoms with Gasteiger partial charge in [-0.2, -0.15) is 28.4 Å². The Labute approximate surface area is 181 Å². The Balaban J connectivity index is 1.64. The van der Waals surface area contributed by atoms with Gasteiger partial charge in [0, 0.05) is 44.4 Å². The van der Waals surface area contributed by atoms with Crippen LogP contribution in [-0.4, -0.2) is 53.5 Å². The van der Waals surface area contributed by atoms with Crippen molar-refractivity contribution in [3.8, 4) is 6.07 Å². The molecule has 1 aromatic carbocycles. The highest BCUT2D eigenvalue weighted by Crippen LogP contribution is 2.37. The predicted molar refractivity (Wildman–Crippen MR) is 110 cm³/mol. The number of likely N-dealkylation sites (tertiary alicyclic amines) is 1. The topological polar surface area (TPSA) is 137 Å². The van der Waals surface area contributed by atoms with E-state index < -0.39 is 23.7 Å². The second-order valence-corrected chi connectivity index (χ2v) is 7.80. The third-order valence-corrected chi connectivity index (χ3v) is 5.58. The van der Waals surface area contributed by atoms with Gasteiger partial charge in [0.2, 0.25) is 5.95 Å². The summed E-state index contributed by atoms with van der Waals surface area (Å²) in [6.07, 6.45) is -4.59. The largest absolute Gasteiger partial charge is 0.416 e. The van der Waals surface area contributed by atoms with Crippen LogP contribution in [0, 0.1) is 17.2 Å². The van der Waals surface area contributed by atoms with Crippen LogP contribution in [0.5, 0.6) is 0 Å². The van der Waals surface area contributed by atoms with E-state index in [1.807, 2.05) is 0 Å². The van der Waals surface area contributed by atoms with Gasteiger partial charge in [0.1, 0.15) is 11.6 Å². The van der Waals surface area contributed by atoms with Crippen molar-refractivity contribution in [2.24, 2.45) is 5.92 Å². The van der Waals surface area contributed by atoms with Crippen molar-refractivity contribution >= 4 is 23.5 Å². The molecule has 1 amide bonds. The maximum Gasteiger partial charge on any atom is 0.416 e. The lowest BCUT2D eigenvalue weighted by molar-refractivity contribution is -0.138. The summed E-state index contributed by atoms with van der Waals surface area (Å²) < 4.78 is 41.3. The molecule has 168 valence electrons. The Kier molecular flexibility index (Phi) is 5.52. The van der Waals surface area contributed by atoms with E-state index in [0.29, 0.717) is 18.9 Å². The van der Waals surface area contributed by atoms with Crippen molar-refractivity contribution in [3.05, 3.63) is 41.0 Å². The van der Waals surface area contributed by atoms with E-state index in [1.54, 1.807) is 4.90 Å². The fourth-order valence-corrected chi connectivity index (χ4v) is 3.95. The molecule has 0 radical (unpaired) electrons. The molecule has 32 heavy (non-hydrogen) atoms. The second-order valence-electron chi connectivity index (χ2n) is 7.80. The number of piperazine rings is 1. The predicted octanol–water partition coefficient (Wildman–Crippen LogP) is 1.41. The molecule has 0 saturated carbocycles. The number of alkyl halides is 3. The van der Waals surface area contributed by atoms with Crippen LogP contribution >= 0.6 is 0 Å². The second kappa shape index (κ2) is 8.16. The molecular weight excluding hydrogens is 425 g/mol. The Morgan fingerprint density at radius 1 is 1.19 bits per heavy atom. The zero-order valence-corrected chi connectivity index (χ0v) is 16.9. The molecule has 2 aromatic rings. The van der Waals surface area contributed by atoms with Gasteiger partial charge in [0.25, 0.3) is 5.91 Å². The van der Waals surface area contributed by atoms with Gasteiger partial charge in [0.05, 0.1) is 23.6 Å². The SMILES string of the molecule is N#CC1CN(C(=O)c2ccc(C(F)(F)F)c(C3CN(c4cc(N)nc(N)n4)CCN3)c2)C1. The molecule has 3 heterocycles. The number of carbonyl (C=O) groups excluding carboxylic acids is 1. The van der Waals surface area contributed by atoms with E-state index in [0.717, 1.165) is 6.07 Å². The third-order valence-electron chi connectivity index (χ3n) is 5.58. The maximum atomic E-state index is 13.8. The number of nitrogens with zero attached hydrogens (tertiary/aromatic N) is 5. The number of rotatable bonds is 3. The molecular formula is C20H21F3N8O. The van der Waals surface area contributed by atoms with Crippen LogP contribution in [-0.2, 0) is 6.18 Å². The molecule has 2 aliphatic rings. The number of nitrogen functional groups attached to an aromatic ring is 2. The molecule has 0 bridgehead atoms. The minimum Gasteiger partial charge on any atom is -0.383 e. The van der Waals surface area contributed by atoms with Gasteiger partial charge >= 0.3 is 6.18 Å². The highest BCUT2D eigenvalue weighted by molar-refractivity contribution is 5.95. The highest BCUT2D eigenvalue weighted by atomic mass is 19.4. The number of halogens is 3. The number of hydrogen-bond acceptors (Lipinski definition) is 8. The van der Waals surface area contributed by atoms with Gasteiger partial charge in [-0.15, -0.1) is 0 Å². The van der Waals surface area contributed by atoms with Gasteiger partial charge in [-0.05, 0) is 23.8 Å². The minimum atomic E-state index is -4.59. The van der Waals surface area contributed by atoms with Crippen LogP contribution in [0.1, 0.15) is 27.5 Å². The van der Waals surface area contributed by atoms with Crippen molar-refractivity contribution < 1.29 is 18.0 Å². The molecule has 1 aromatic heterocycles. The van der Waals surface area contributed by atoms with Gasteiger partial charge in [-0.1, -0.05) is 0 Å². The zero-order valence-electron chi connectivity index (χ0n) is 16.9. The van der Waals surface area contributed by atoms with Crippen LogP contribution in [0.3, 0.4) is 0 Å². The van der Waals surface area contributed by atoms with Crippen molar-refractivity contribution in [3.63, 3.8) is 0 Å². The van der Waals surface area contributed by atoms with Crippen molar-refractivity contribution in [1.29, 1.82) is 5.26 Å². The molecule has 2 fully saturated rings. The Bertz CT molecular complexity index is 1060. The number of nitrogens with two attached hydrogens (primary N) is 2. The summed E-state index contributed by atoms with van der Waals surface area (Å²) in [5.41, 5.74) is 10.7. The first kappa shape index (κ1) is 21.6. The van der Waals surface area contributed by atoms with Crippen LogP contribution in [0.4, 0.5) is 30.8 Å². The monoisotopic (exact) mass is 446 g/mol. The third kappa shape index (κ3) is 4.24. The first-order valence-electron chi connectivity index (χ1n) is 9.94. The molecule has 1 unspecified atom stereocenters. The molecule has 0 spiro atoms. The Morgan fingerprint density at radius 2 is 1.94 bits per heavy atom. The molecule has 2 aliphatic heterocycles. The molecule has 12 heteroatoms. The normalized spacial score (nSPS) is 19.4. The summed E-state index contributed by atoms with van der Waals surface area (Å²) in [6.45, 7) is 1.59. The lowest BCUT2D eigenvalue weighted by atomic mass is 9.94. The summed E-state index contributed by atoms with van der Waals surface area (Å²) >= 11 is 0. The van der Waals surface area contributed by atoms with Gasteiger partial charge in [-0.25, -0.2) is 0 Å². The van der Waals surface area contributed by atoms with E-state index in [9.17, 15) is 18.0 Å². The lowest BCUT2D eigenvalue weighted by Gasteiger charge is -2.37. The number of anilines is 3. The maximum absolute atomic E-state index is 13.8. The Hall–Kier alpha value is -3.59. The quantitative estimate of drug-likeness (QED) is 0.644. The number of carbonyl (C=O) groups is 1. The fourth-order valence-electron chi connectivity index (χ4n) is 3.95. The van der Waals surface area contributed by atoms with Crippen molar-refractivity contribution in [1.82, 2.24) is 20.2 Å². The summed E-state index contributed by atoms with van der Waals surface area (Å²) in [7, 11) is 0. The molecule has 0 aliphatic carbocycles. The average molecular weight is 446 g/mol. The van der Waals surface area contributed by atoms with E-state index in [1.165, 1.54) is 23.1 Å². The highest BCUT2D eigenvalue weighted by Gasteiger charge is 2.38. The number of hydrogen-bond donors (Lipinski definition) is 3. The standard InChI is InChI=1S/C20H21F3N8O/c21-20(22,23)14-2-1-12(18(32)31-8-11(7-24)9-31)5-13(14)15-10-30(4-3-27-15)17-6-16(25)28-19(26)29-17/h1-2,5-6,11,15,27H,3-4,8-10H2,(H4,25,26,28,29). The van der Waals surface area contributed by atoms with E-state index in [2.05, 4.69) is 21.4 Å². The van der Waals surface area contributed by atoms with Crippen molar-refractivity contribution in [2.45, 2.75) is 12.2 Å². The Morgan fingerprint density at radius 3 is 2.59 bits per heavy atom. The van der Waals surface area contributed by atoms with Crippen LogP contribution in [0.15, 0.2) is 24.3 Å². The van der Waals surface area contributed by atoms with Gasteiger partial charge in [0.15, 0.2) is 0 Å². The van der Waals surface area contributed by atoms with Crippen LogP contribution < -0.4 is 21.7 Å². The molecule has 4 rings (SSSR count). The first-order chi connectivity index (χ1) is 15.2. The minimum absolute atomic E-state index is 0.0242. The number of amides is 1. The van der Waals surface area contributed by atoms with Crippen LogP contribution in [0.2, 0.25) is 0 Å². The van der Waals surface area contributed by atoms with E-state index in [4.69, 9.17) is 16.7 Å². The molecule has 9 nitrogen and oxygen atoms in total. The molecule has 1 atom stereocenters. The summed E-state index contributed by atoms with van der Waals surface area (Å²) in [5, 5.41) is 12.0. The fraction of sp³-hybridized carbons (Fsp3) is 0.400. The molecule has 5 N–H and O–H groups in total. The zero-order chi connectivity index (χ0) is 23.0. The van der Waals surface area contributed by atoms with Gasteiger partial charge < -0.3 is 26.6 Å². The lowest BCUT2D eigenvalue weighted by Crippen LogP contribution is -2.49. The van der Waals surface area contributed by atoms with Gasteiger partial charge in [-0.3, -0.25) is 4.79 Å². The number of aromatic nitrogens is 2. The number of nitriles is 1. The van der Waals surface area contributed by atoms with Crippen LogP contribution in [0.25, 0.3) is 0 Å². The number of benzene rings is 1. The molecule has 2 saturated heterocycles. The van der Waals surface area contributed by atoms with Crippen molar-refractivity contribution in [2.75, 3.05) is 49.1 Å². The summed E-state index contributed by atoms with van der Waals surface area (Å²) in [6, 6.07) is 6.27. The summed E-state index contributed by atoms with van der Waals surface area (Å²) in [4.78, 5) is 23.9.